The first kappa shape index (κ1) is 10.4. The van der Waals surface area contributed by atoms with Crippen LogP contribution in [0.3, 0.4) is 0 Å². The van der Waals surface area contributed by atoms with Crippen LogP contribution in [0.25, 0.3) is 0 Å². The van der Waals surface area contributed by atoms with Crippen molar-refractivity contribution in [2.45, 2.75) is 13.8 Å². The lowest BCUT2D eigenvalue weighted by Crippen LogP contribution is -2.14. The van der Waals surface area contributed by atoms with Gasteiger partial charge in [-0.1, -0.05) is 18.2 Å². The largest absolute Gasteiger partial charge is 0.320 e. The highest BCUT2D eigenvalue weighted by atomic mass is 16.2. The minimum atomic E-state index is -0.258. The maximum absolute atomic E-state index is 11.7. The van der Waals surface area contributed by atoms with Gasteiger partial charge >= 0.3 is 0 Å². The van der Waals surface area contributed by atoms with Crippen LogP contribution in [0, 0.1) is 13.8 Å². The molecule has 0 saturated carbocycles. The fourth-order valence-electron chi connectivity index (χ4n) is 1.50. The minimum absolute atomic E-state index is 0.258. The topological polar surface area (TPSA) is 70.7 Å². The van der Waals surface area contributed by atoms with E-state index in [1.165, 1.54) is 6.20 Å². The molecule has 1 aromatic carbocycles. The first-order valence-electron chi connectivity index (χ1n) is 4.92. The molecule has 0 unspecified atom stereocenters. The number of anilines is 1. The lowest BCUT2D eigenvalue weighted by Gasteiger charge is -2.09. The molecule has 1 aromatic heterocycles. The lowest BCUT2D eigenvalue weighted by molar-refractivity contribution is 0.102. The summed E-state index contributed by atoms with van der Waals surface area (Å²) in [5.74, 6) is -0.258. The van der Waals surface area contributed by atoms with Gasteiger partial charge in [0, 0.05) is 5.69 Å². The van der Waals surface area contributed by atoms with Crippen molar-refractivity contribution in [2.75, 3.05) is 5.32 Å². The van der Waals surface area contributed by atoms with Gasteiger partial charge in [0.1, 0.15) is 0 Å². The fourth-order valence-corrected chi connectivity index (χ4v) is 1.50. The van der Waals surface area contributed by atoms with E-state index in [0.29, 0.717) is 0 Å². The third-order valence-electron chi connectivity index (χ3n) is 2.37. The van der Waals surface area contributed by atoms with Gasteiger partial charge in [0.2, 0.25) is 0 Å². The number of aryl methyl sites for hydroxylation is 2. The zero-order valence-electron chi connectivity index (χ0n) is 9.11. The van der Waals surface area contributed by atoms with Gasteiger partial charge in [-0.2, -0.15) is 15.4 Å². The van der Waals surface area contributed by atoms with E-state index in [9.17, 15) is 4.79 Å². The molecule has 82 valence electrons. The van der Waals surface area contributed by atoms with E-state index in [1.807, 2.05) is 32.0 Å². The number of hydrogen-bond donors (Lipinski definition) is 2. The molecule has 0 saturated heterocycles. The molecule has 0 aliphatic rings. The maximum atomic E-state index is 11.7. The molecule has 1 heterocycles. The Kier molecular flexibility index (Phi) is 2.68. The van der Waals surface area contributed by atoms with Crippen molar-refractivity contribution in [1.29, 1.82) is 0 Å². The summed E-state index contributed by atoms with van der Waals surface area (Å²) < 4.78 is 0. The van der Waals surface area contributed by atoms with E-state index >= 15 is 0 Å². The Morgan fingerprint density at radius 1 is 1.31 bits per heavy atom. The molecule has 0 spiro atoms. The van der Waals surface area contributed by atoms with Crippen molar-refractivity contribution in [3.8, 4) is 0 Å². The molecule has 0 fully saturated rings. The van der Waals surface area contributed by atoms with Crippen LogP contribution in [0.1, 0.15) is 21.6 Å². The predicted molar refractivity (Wildman–Crippen MR) is 60.3 cm³/mol. The van der Waals surface area contributed by atoms with Gasteiger partial charge in [-0.05, 0) is 25.0 Å². The van der Waals surface area contributed by atoms with Crippen molar-refractivity contribution in [2.24, 2.45) is 0 Å². The summed E-state index contributed by atoms with van der Waals surface area (Å²) in [4.78, 5) is 11.7. The van der Waals surface area contributed by atoms with Gasteiger partial charge in [-0.25, -0.2) is 0 Å². The van der Waals surface area contributed by atoms with Crippen LogP contribution in [-0.4, -0.2) is 21.3 Å². The molecule has 2 aromatic rings. The van der Waals surface area contributed by atoms with E-state index in [2.05, 4.69) is 20.7 Å². The SMILES string of the molecule is Cc1cccc(C)c1NC(=O)c1cn[nH]n1. The summed E-state index contributed by atoms with van der Waals surface area (Å²) in [7, 11) is 0. The zero-order chi connectivity index (χ0) is 11.5. The van der Waals surface area contributed by atoms with E-state index in [0.717, 1.165) is 16.8 Å². The van der Waals surface area contributed by atoms with Crippen LogP contribution in [0.4, 0.5) is 5.69 Å². The van der Waals surface area contributed by atoms with E-state index in [-0.39, 0.29) is 11.6 Å². The van der Waals surface area contributed by atoms with Crippen LogP contribution >= 0.6 is 0 Å². The Hall–Kier alpha value is -2.17. The van der Waals surface area contributed by atoms with Gasteiger partial charge in [-0.15, -0.1) is 0 Å². The Morgan fingerprint density at radius 3 is 2.56 bits per heavy atom. The lowest BCUT2D eigenvalue weighted by atomic mass is 10.1. The zero-order valence-corrected chi connectivity index (χ0v) is 9.11. The number of para-hydroxylation sites is 1. The number of amides is 1. The van der Waals surface area contributed by atoms with Gasteiger partial charge in [0.25, 0.3) is 5.91 Å². The van der Waals surface area contributed by atoms with Gasteiger partial charge < -0.3 is 5.32 Å². The number of aromatic nitrogens is 3. The molecule has 0 aliphatic heterocycles. The minimum Gasteiger partial charge on any atom is -0.320 e. The Bertz CT molecular complexity index is 484. The number of nitrogens with zero attached hydrogens (tertiary/aromatic N) is 2. The Labute approximate surface area is 92.9 Å². The summed E-state index contributed by atoms with van der Waals surface area (Å²) in [5, 5.41) is 12.5. The molecule has 5 nitrogen and oxygen atoms in total. The fraction of sp³-hybridized carbons (Fsp3) is 0.182. The standard InChI is InChI=1S/C11H12N4O/c1-7-4-3-5-8(2)10(7)13-11(16)9-6-12-15-14-9/h3-6H,1-2H3,(H,13,16)(H,12,14,15). The second-order valence-corrected chi connectivity index (χ2v) is 3.58. The molecule has 0 aliphatic carbocycles. The van der Waals surface area contributed by atoms with Crippen molar-refractivity contribution < 1.29 is 4.79 Å². The normalized spacial score (nSPS) is 10.1. The number of benzene rings is 1. The monoisotopic (exact) mass is 216 g/mol. The summed E-state index contributed by atoms with van der Waals surface area (Å²) in [6.07, 6.45) is 1.39. The number of hydrogen-bond acceptors (Lipinski definition) is 3. The van der Waals surface area contributed by atoms with Crippen molar-refractivity contribution >= 4 is 11.6 Å². The van der Waals surface area contributed by atoms with E-state index < -0.39 is 0 Å². The first-order valence-corrected chi connectivity index (χ1v) is 4.92. The van der Waals surface area contributed by atoms with Crippen molar-refractivity contribution in [3.05, 3.63) is 41.2 Å². The average molecular weight is 216 g/mol. The number of nitrogens with one attached hydrogen (secondary N) is 2. The van der Waals surface area contributed by atoms with Gasteiger partial charge in [0.05, 0.1) is 6.20 Å². The van der Waals surface area contributed by atoms with Crippen LogP contribution in [-0.2, 0) is 0 Å². The molecule has 2 N–H and O–H groups in total. The van der Waals surface area contributed by atoms with Gasteiger partial charge in [0.15, 0.2) is 5.69 Å². The Morgan fingerprint density at radius 2 is 2.00 bits per heavy atom. The van der Waals surface area contributed by atoms with E-state index in [4.69, 9.17) is 0 Å². The van der Waals surface area contributed by atoms with Gasteiger partial charge in [-0.3, -0.25) is 4.79 Å². The molecular formula is C11H12N4O. The van der Waals surface area contributed by atoms with Crippen LogP contribution < -0.4 is 5.32 Å². The molecule has 5 heteroatoms. The summed E-state index contributed by atoms with van der Waals surface area (Å²) in [6, 6.07) is 5.85. The van der Waals surface area contributed by atoms with Crippen molar-refractivity contribution in [3.63, 3.8) is 0 Å². The molecule has 2 rings (SSSR count). The van der Waals surface area contributed by atoms with E-state index in [1.54, 1.807) is 0 Å². The number of carbonyl (C=O) groups is 1. The van der Waals surface area contributed by atoms with Crippen LogP contribution in [0.2, 0.25) is 0 Å². The maximum Gasteiger partial charge on any atom is 0.277 e. The molecular weight excluding hydrogens is 204 g/mol. The highest BCUT2D eigenvalue weighted by molar-refractivity contribution is 6.03. The molecule has 0 radical (unpaired) electrons. The second kappa shape index (κ2) is 4.14. The second-order valence-electron chi connectivity index (χ2n) is 3.58. The van der Waals surface area contributed by atoms with Crippen LogP contribution in [0.15, 0.2) is 24.4 Å². The summed E-state index contributed by atoms with van der Waals surface area (Å²) in [6.45, 7) is 3.90. The number of H-pyrrole nitrogens is 1. The number of carbonyl (C=O) groups excluding carboxylic acids is 1. The first-order chi connectivity index (χ1) is 7.68. The molecule has 0 atom stereocenters. The molecule has 0 bridgehead atoms. The highest BCUT2D eigenvalue weighted by Gasteiger charge is 2.11. The smallest absolute Gasteiger partial charge is 0.277 e. The number of rotatable bonds is 2. The summed E-state index contributed by atoms with van der Waals surface area (Å²) >= 11 is 0. The predicted octanol–water partition coefficient (Wildman–Crippen LogP) is 1.67. The quantitative estimate of drug-likeness (QED) is 0.802. The third kappa shape index (κ3) is 1.93. The third-order valence-corrected chi connectivity index (χ3v) is 2.37. The van der Waals surface area contributed by atoms with Crippen LogP contribution in [0.5, 0.6) is 0 Å². The Balaban J connectivity index is 2.25. The summed E-state index contributed by atoms with van der Waals surface area (Å²) in [5.41, 5.74) is 3.16. The highest BCUT2D eigenvalue weighted by Crippen LogP contribution is 2.19. The average Bonchev–Trinajstić information content (AvgIpc) is 2.76. The molecule has 1 amide bonds. The molecule has 16 heavy (non-hydrogen) atoms. The van der Waals surface area contributed by atoms with Crippen molar-refractivity contribution in [1.82, 2.24) is 15.4 Å². The number of aromatic amines is 1.